The Morgan fingerprint density at radius 1 is 0.882 bits per heavy atom. The molecule has 1 saturated carbocycles. The lowest BCUT2D eigenvalue weighted by atomic mass is 9.85. The minimum absolute atomic E-state index is 0.489. The molecule has 0 radical (unpaired) electrons. The monoisotopic (exact) mass is 258 g/mol. The van der Waals surface area contributed by atoms with Crippen LogP contribution in [0.25, 0.3) is 0 Å². The van der Waals surface area contributed by atoms with Crippen LogP contribution < -0.4 is 0 Å². The summed E-state index contributed by atoms with van der Waals surface area (Å²) in [6.07, 6.45) is 18.3. The standard InChI is InChI=1S/C16H31Cl/c1-2-3-4-5-6-7-8-9-11-15-12-10-13-16(17)14-15/h15-16H,2-14H2,1H3. The fourth-order valence-corrected chi connectivity index (χ4v) is 3.46. The first-order valence-electron chi connectivity index (χ1n) is 7.97. The van der Waals surface area contributed by atoms with E-state index in [4.69, 9.17) is 11.6 Å². The van der Waals surface area contributed by atoms with Crippen molar-refractivity contribution < 1.29 is 0 Å². The van der Waals surface area contributed by atoms with Gasteiger partial charge in [0.15, 0.2) is 0 Å². The van der Waals surface area contributed by atoms with Crippen LogP contribution in [0.3, 0.4) is 0 Å². The molecule has 2 atom stereocenters. The van der Waals surface area contributed by atoms with E-state index in [0.717, 1.165) is 5.92 Å². The molecule has 2 unspecified atom stereocenters. The predicted octanol–water partition coefficient (Wildman–Crippen LogP) is 6.31. The first kappa shape index (κ1) is 15.3. The second-order valence-electron chi connectivity index (χ2n) is 5.89. The highest BCUT2D eigenvalue weighted by Gasteiger charge is 2.19. The topological polar surface area (TPSA) is 0 Å². The number of hydrogen-bond donors (Lipinski definition) is 0. The van der Waals surface area contributed by atoms with E-state index in [2.05, 4.69) is 6.92 Å². The van der Waals surface area contributed by atoms with Gasteiger partial charge in [-0.25, -0.2) is 0 Å². The minimum atomic E-state index is 0.489. The summed E-state index contributed by atoms with van der Waals surface area (Å²) in [5, 5.41) is 0.489. The third kappa shape index (κ3) is 8.08. The Balaban J connectivity index is 1.83. The summed E-state index contributed by atoms with van der Waals surface area (Å²) in [7, 11) is 0. The van der Waals surface area contributed by atoms with Crippen LogP contribution >= 0.6 is 11.6 Å². The van der Waals surface area contributed by atoms with Gasteiger partial charge in [0.2, 0.25) is 0 Å². The van der Waals surface area contributed by atoms with Crippen molar-refractivity contribution in [3.05, 3.63) is 0 Å². The first-order chi connectivity index (χ1) is 8.33. The molecule has 1 heteroatoms. The molecular weight excluding hydrogens is 228 g/mol. The van der Waals surface area contributed by atoms with E-state index in [1.54, 1.807) is 0 Å². The average molecular weight is 259 g/mol. The van der Waals surface area contributed by atoms with Gasteiger partial charge in [-0.05, 0) is 18.8 Å². The van der Waals surface area contributed by atoms with Crippen molar-refractivity contribution in [2.24, 2.45) is 5.92 Å². The van der Waals surface area contributed by atoms with E-state index < -0.39 is 0 Å². The van der Waals surface area contributed by atoms with Crippen molar-refractivity contribution in [1.82, 2.24) is 0 Å². The van der Waals surface area contributed by atoms with Gasteiger partial charge in [-0.15, -0.1) is 11.6 Å². The Bertz CT molecular complexity index is 167. The Morgan fingerprint density at radius 2 is 1.53 bits per heavy atom. The van der Waals surface area contributed by atoms with Crippen molar-refractivity contribution >= 4 is 11.6 Å². The maximum Gasteiger partial charge on any atom is 0.0338 e. The van der Waals surface area contributed by atoms with Crippen molar-refractivity contribution in [2.75, 3.05) is 0 Å². The Labute approximate surface area is 114 Å². The van der Waals surface area contributed by atoms with E-state index in [9.17, 15) is 0 Å². The lowest BCUT2D eigenvalue weighted by Gasteiger charge is -2.25. The number of alkyl halides is 1. The van der Waals surface area contributed by atoms with Crippen molar-refractivity contribution in [3.63, 3.8) is 0 Å². The minimum Gasteiger partial charge on any atom is -0.123 e. The van der Waals surface area contributed by atoms with Gasteiger partial charge in [0.25, 0.3) is 0 Å². The SMILES string of the molecule is CCCCCCCCCCC1CCCC(Cl)C1. The van der Waals surface area contributed by atoms with Gasteiger partial charge < -0.3 is 0 Å². The summed E-state index contributed by atoms with van der Waals surface area (Å²) in [6.45, 7) is 2.29. The van der Waals surface area contributed by atoms with Crippen LogP contribution in [0.4, 0.5) is 0 Å². The van der Waals surface area contributed by atoms with E-state index in [1.165, 1.54) is 83.5 Å². The first-order valence-corrected chi connectivity index (χ1v) is 8.40. The third-order valence-electron chi connectivity index (χ3n) is 4.18. The zero-order valence-corrected chi connectivity index (χ0v) is 12.5. The molecule has 0 aromatic rings. The second-order valence-corrected chi connectivity index (χ2v) is 6.51. The number of rotatable bonds is 9. The average Bonchev–Trinajstić information content (AvgIpc) is 2.33. The molecule has 1 rings (SSSR count). The molecule has 0 aromatic heterocycles. The summed E-state index contributed by atoms with van der Waals surface area (Å²) >= 11 is 6.22. The van der Waals surface area contributed by atoms with Gasteiger partial charge >= 0.3 is 0 Å². The van der Waals surface area contributed by atoms with E-state index >= 15 is 0 Å². The summed E-state index contributed by atoms with van der Waals surface area (Å²) in [6, 6.07) is 0. The molecule has 0 N–H and O–H groups in total. The van der Waals surface area contributed by atoms with Gasteiger partial charge in [0.1, 0.15) is 0 Å². The van der Waals surface area contributed by atoms with Crippen LogP contribution in [-0.4, -0.2) is 5.38 Å². The van der Waals surface area contributed by atoms with Gasteiger partial charge in [-0.3, -0.25) is 0 Å². The molecule has 0 aromatic carbocycles. The summed E-state index contributed by atoms with van der Waals surface area (Å²) in [5.41, 5.74) is 0. The fourth-order valence-electron chi connectivity index (χ4n) is 3.05. The normalized spacial score (nSPS) is 25.1. The molecule has 1 aliphatic rings. The third-order valence-corrected chi connectivity index (χ3v) is 4.58. The van der Waals surface area contributed by atoms with Crippen molar-refractivity contribution in [3.8, 4) is 0 Å². The molecule has 0 spiro atoms. The molecule has 102 valence electrons. The van der Waals surface area contributed by atoms with Crippen LogP contribution in [0.15, 0.2) is 0 Å². The fraction of sp³-hybridized carbons (Fsp3) is 1.00. The van der Waals surface area contributed by atoms with Crippen LogP contribution in [-0.2, 0) is 0 Å². The maximum atomic E-state index is 6.22. The smallest absolute Gasteiger partial charge is 0.0338 e. The maximum absolute atomic E-state index is 6.22. The van der Waals surface area contributed by atoms with Gasteiger partial charge in [-0.1, -0.05) is 77.6 Å². The Kier molecular flexibility index (Phi) is 9.24. The highest BCUT2D eigenvalue weighted by Crippen LogP contribution is 2.31. The van der Waals surface area contributed by atoms with Gasteiger partial charge in [0.05, 0.1) is 0 Å². The quantitative estimate of drug-likeness (QED) is 0.336. The summed E-state index contributed by atoms with van der Waals surface area (Å²) in [4.78, 5) is 0. The number of hydrogen-bond acceptors (Lipinski definition) is 0. The van der Waals surface area contributed by atoms with Crippen LogP contribution in [0.1, 0.15) is 90.4 Å². The molecule has 0 amide bonds. The molecule has 0 nitrogen and oxygen atoms in total. The lowest BCUT2D eigenvalue weighted by molar-refractivity contribution is 0.332. The van der Waals surface area contributed by atoms with Crippen LogP contribution in [0.5, 0.6) is 0 Å². The lowest BCUT2D eigenvalue weighted by Crippen LogP contribution is -2.15. The largest absolute Gasteiger partial charge is 0.123 e. The van der Waals surface area contributed by atoms with Gasteiger partial charge in [0, 0.05) is 5.38 Å². The van der Waals surface area contributed by atoms with Crippen LogP contribution in [0.2, 0.25) is 0 Å². The van der Waals surface area contributed by atoms with E-state index in [0.29, 0.717) is 5.38 Å². The second kappa shape index (κ2) is 10.2. The molecule has 1 fully saturated rings. The molecule has 17 heavy (non-hydrogen) atoms. The van der Waals surface area contributed by atoms with E-state index in [-0.39, 0.29) is 0 Å². The van der Waals surface area contributed by atoms with Crippen molar-refractivity contribution in [2.45, 2.75) is 95.8 Å². The molecule has 0 saturated heterocycles. The molecular formula is C16H31Cl. The van der Waals surface area contributed by atoms with E-state index in [1.807, 2.05) is 0 Å². The predicted molar refractivity (Wildman–Crippen MR) is 78.8 cm³/mol. The zero-order valence-electron chi connectivity index (χ0n) is 11.7. The summed E-state index contributed by atoms with van der Waals surface area (Å²) in [5.74, 6) is 0.950. The molecule has 0 bridgehead atoms. The summed E-state index contributed by atoms with van der Waals surface area (Å²) < 4.78 is 0. The number of unbranched alkanes of at least 4 members (excludes halogenated alkanes) is 7. The van der Waals surface area contributed by atoms with Crippen molar-refractivity contribution in [1.29, 1.82) is 0 Å². The number of halogens is 1. The van der Waals surface area contributed by atoms with Gasteiger partial charge in [-0.2, -0.15) is 0 Å². The molecule has 0 heterocycles. The molecule has 0 aliphatic heterocycles. The highest BCUT2D eigenvalue weighted by atomic mass is 35.5. The Hall–Kier alpha value is 0.290. The zero-order chi connectivity index (χ0) is 12.3. The molecule has 1 aliphatic carbocycles. The highest BCUT2D eigenvalue weighted by molar-refractivity contribution is 6.20. The Morgan fingerprint density at radius 3 is 2.18 bits per heavy atom. The van der Waals surface area contributed by atoms with Crippen LogP contribution in [0, 0.1) is 5.92 Å².